The number of carbonyl (C=O) groups is 1. The van der Waals surface area contributed by atoms with Gasteiger partial charge in [0.1, 0.15) is 6.54 Å². The smallest absolute Gasteiger partial charge is 0.293 e. The molecule has 0 saturated heterocycles. The SMILES string of the molecule is Cc1cnc(NCCc2ccccn2)c(=O)n1CC(=O)NCc1cccc2ccccc12. The van der Waals surface area contributed by atoms with Crippen molar-refractivity contribution in [2.24, 2.45) is 0 Å². The molecule has 0 saturated carbocycles. The molecule has 1 amide bonds. The van der Waals surface area contributed by atoms with Crippen LogP contribution in [0.1, 0.15) is 17.0 Å². The van der Waals surface area contributed by atoms with Crippen molar-refractivity contribution in [2.75, 3.05) is 11.9 Å². The van der Waals surface area contributed by atoms with Crippen molar-refractivity contribution in [1.82, 2.24) is 19.9 Å². The fraction of sp³-hybridized carbons (Fsp3) is 0.200. The summed E-state index contributed by atoms with van der Waals surface area (Å²) >= 11 is 0. The first-order chi connectivity index (χ1) is 15.6. The number of amides is 1. The van der Waals surface area contributed by atoms with Gasteiger partial charge in [-0.05, 0) is 35.4 Å². The van der Waals surface area contributed by atoms with E-state index >= 15 is 0 Å². The zero-order chi connectivity index (χ0) is 22.3. The lowest BCUT2D eigenvalue weighted by Gasteiger charge is -2.13. The quantitative estimate of drug-likeness (QED) is 0.451. The summed E-state index contributed by atoms with van der Waals surface area (Å²) in [5.74, 6) is 0.00199. The molecule has 2 heterocycles. The summed E-state index contributed by atoms with van der Waals surface area (Å²) in [6.45, 7) is 2.63. The highest BCUT2D eigenvalue weighted by atomic mass is 16.2. The van der Waals surface area contributed by atoms with Crippen molar-refractivity contribution in [2.45, 2.75) is 26.4 Å². The zero-order valence-corrected chi connectivity index (χ0v) is 17.9. The Morgan fingerprint density at radius 2 is 1.81 bits per heavy atom. The number of hydrogen-bond acceptors (Lipinski definition) is 5. The lowest BCUT2D eigenvalue weighted by atomic mass is 10.0. The molecule has 0 radical (unpaired) electrons. The summed E-state index contributed by atoms with van der Waals surface area (Å²) in [7, 11) is 0. The van der Waals surface area contributed by atoms with Gasteiger partial charge >= 0.3 is 0 Å². The summed E-state index contributed by atoms with van der Waals surface area (Å²) in [6, 6.07) is 19.8. The fourth-order valence-corrected chi connectivity index (χ4v) is 3.58. The molecule has 0 bridgehead atoms. The summed E-state index contributed by atoms with van der Waals surface area (Å²) < 4.78 is 1.44. The van der Waals surface area contributed by atoms with Gasteiger partial charge < -0.3 is 10.6 Å². The number of anilines is 1. The first kappa shape index (κ1) is 21.2. The number of aryl methyl sites for hydroxylation is 1. The van der Waals surface area contributed by atoms with Crippen LogP contribution in [0.25, 0.3) is 10.8 Å². The molecule has 7 heteroatoms. The Hall–Kier alpha value is -4.00. The van der Waals surface area contributed by atoms with Crippen LogP contribution in [0.5, 0.6) is 0 Å². The second kappa shape index (κ2) is 9.87. The maximum atomic E-state index is 12.9. The number of nitrogens with zero attached hydrogens (tertiary/aromatic N) is 3. The first-order valence-electron chi connectivity index (χ1n) is 10.6. The topological polar surface area (TPSA) is 88.9 Å². The predicted octanol–water partition coefficient (Wildman–Crippen LogP) is 3.07. The minimum atomic E-state index is -0.314. The van der Waals surface area contributed by atoms with Crippen molar-refractivity contribution < 1.29 is 4.79 Å². The second-order valence-electron chi connectivity index (χ2n) is 7.55. The maximum Gasteiger partial charge on any atom is 0.293 e. The van der Waals surface area contributed by atoms with Gasteiger partial charge in [0.25, 0.3) is 5.56 Å². The Kier molecular flexibility index (Phi) is 6.55. The Balaban J connectivity index is 1.40. The lowest BCUT2D eigenvalue weighted by molar-refractivity contribution is -0.121. The average molecular weight is 428 g/mol. The van der Waals surface area contributed by atoms with Gasteiger partial charge in [0.2, 0.25) is 5.91 Å². The van der Waals surface area contributed by atoms with Crippen LogP contribution in [0.3, 0.4) is 0 Å². The lowest BCUT2D eigenvalue weighted by Crippen LogP contribution is -2.34. The van der Waals surface area contributed by atoms with E-state index in [1.807, 2.05) is 60.7 Å². The van der Waals surface area contributed by atoms with E-state index in [2.05, 4.69) is 20.6 Å². The molecule has 0 aliphatic rings. The summed E-state index contributed by atoms with van der Waals surface area (Å²) in [6.07, 6.45) is 4.01. The van der Waals surface area contributed by atoms with Crippen LogP contribution in [0.2, 0.25) is 0 Å². The molecule has 7 nitrogen and oxygen atoms in total. The van der Waals surface area contributed by atoms with Crippen molar-refractivity contribution in [3.63, 3.8) is 0 Å². The van der Waals surface area contributed by atoms with Crippen LogP contribution in [0.4, 0.5) is 5.82 Å². The zero-order valence-electron chi connectivity index (χ0n) is 17.9. The molecule has 2 N–H and O–H groups in total. The number of rotatable bonds is 8. The fourth-order valence-electron chi connectivity index (χ4n) is 3.58. The first-order valence-corrected chi connectivity index (χ1v) is 10.6. The highest BCUT2D eigenvalue weighted by molar-refractivity contribution is 5.86. The number of fused-ring (bicyclic) bond motifs is 1. The monoisotopic (exact) mass is 427 g/mol. The largest absolute Gasteiger partial charge is 0.365 e. The number of aromatic nitrogens is 3. The normalized spacial score (nSPS) is 10.8. The van der Waals surface area contributed by atoms with E-state index in [4.69, 9.17) is 0 Å². The summed E-state index contributed by atoms with van der Waals surface area (Å²) in [5, 5.41) is 8.22. The molecule has 2 aromatic heterocycles. The van der Waals surface area contributed by atoms with Crippen molar-refractivity contribution in [3.8, 4) is 0 Å². The highest BCUT2D eigenvalue weighted by Gasteiger charge is 2.12. The van der Waals surface area contributed by atoms with Crippen LogP contribution >= 0.6 is 0 Å². The van der Waals surface area contributed by atoms with E-state index < -0.39 is 0 Å². The molecule has 0 unspecified atom stereocenters. The van der Waals surface area contributed by atoms with Crippen LogP contribution in [-0.2, 0) is 24.3 Å². The molecule has 0 aliphatic carbocycles. The molecular weight excluding hydrogens is 402 g/mol. The molecule has 32 heavy (non-hydrogen) atoms. The van der Waals surface area contributed by atoms with Gasteiger partial charge in [-0.25, -0.2) is 4.98 Å². The minimum absolute atomic E-state index is 0.0626. The molecule has 2 aromatic carbocycles. The second-order valence-corrected chi connectivity index (χ2v) is 7.55. The van der Waals surface area contributed by atoms with E-state index in [0.717, 1.165) is 22.0 Å². The Morgan fingerprint density at radius 3 is 2.66 bits per heavy atom. The molecule has 0 spiro atoms. The third-order valence-corrected chi connectivity index (χ3v) is 5.31. The summed E-state index contributed by atoms with van der Waals surface area (Å²) in [5.41, 5.74) is 2.28. The number of pyridine rings is 1. The third kappa shape index (κ3) is 5.00. The van der Waals surface area contributed by atoms with Crippen LogP contribution < -0.4 is 16.2 Å². The third-order valence-electron chi connectivity index (χ3n) is 5.31. The standard InChI is InChI=1S/C25H25N5O2/c1-18-15-29-24(27-14-12-21-10-4-5-13-26-21)25(32)30(18)17-23(31)28-16-20-9-6-8-19-7-2-3-11-22(19)20/h2-11,13,15H,12,14,16-17H2,1H3,(H,27,29)(H,28,31). The Morgan fingerprint density at radius 1 is 1.00 bits per heavy atom. The molecule has 4 rings (SSSR count). The van der Waals surface area contributed by atoms with Gasteiger partial charge in [-0.3, -0.25) is 19.1 Å². The number of benzene rings is 2. The van der Waals surface area contributed by atoms with E-state index in [-0.39, 0.29) is 23.8 Å². The van der Waals surface area contributed by atoms with E-state index in [0.29, 0.717) is 25.2 Å². The number of nitrogens with one attached hydrogen (secondary N) is 2. The van der Waals surface area contributed by atoms with Crippen molar-refractivity contribution >= 4 is 22.5 Å². The number of carbonyl (C=O) groups excluding carboxylic acids is 1. The molecule has 162 valence electrons. The minimum Gasteiger partial charge on any atom is -0.365 e. The van der Waals surface area contributed by atoms with Gasteiger partial charge in [-0.2, -0.15) is 0 Å². The molecule has 4 aromatic rings. The van der Waals surface area contributed by atoms with E-state index in [1.165, 1.54) is 4.57 Å². The number of hydrogen-bond donors (Lipinski definition) is 2. The Bertz CT molecular complexity index is 1280. The predicted molar refractivity (Wildman–Crippen MR) is 125 cm³/mol. The molecule has 0 aliphatic heterocycles. The van der Waals surface area contributed by atoms with E-state index in [1.54, 1.807) is 19.3 Å². The molecule has 0 atom stereocenters. The maximum absolute atomic E-state index is 12.9. The van der Waals surface area contributed by atoms with E-state index in [9.17, 15) is 9.59 Å². The average Bonchev–Trinajstić information content (AvgIpc) is 2.82. The van der Waals surface area contributed by atoms with Gasteiger partial charge in [0, 0.05) is 43.3 Å². The highest BCUT2D eigenvalue weighted by Crippen LogP contribution is 2.18. The van der Waals surface area contributed by atoms with Crippen LogP contribution in [-0.4, -0.2) is 27.0 Å². The van der Waals surface area contributed by atoms with Gasteiger partial charge in [-0.15, -0.1) is 0 Å². The van der Waals surface area contributed by atoms with Gasteiger partial charge in [0.05, 0.1) is 0 Å². The molecular formula is C25H25N5O2. The van der Waals surface area contributed by atoms with Gasteiger partial charge in [0.15, 0.2) is 5.82 Å². The Labute approximate surface area is 186 Å². The van der Waals surface area contributed by atoms with Gasteiger partial charge in [-0.1, -0.05) is 48.5 Å². The summed E-state index contributed by atoms with van der Waals surface area (Å²) in [4.78, 5) is 34.0. The molecule has 0 fully saturated rings. The van der Waals surface area contributed by atoms with Crippen molar-refractivity contribution in [1.29, 1.82) is 0 Å². The van der Waals surface area contributed by atoms with Crippen LogP contribution in [0, 0.1) is 6.92 Å². The van der Waals surface area contributed by atoms with Crippen LogP contribution in [0.15, 0.2) is 77.9 Å². The van der Waals surface area contributed by atoms with Crippen molar-refractivity contribution in [3.05, 3.63) is 100 Å².